The second-order valence-electron chi connectivity index (χ2n) is 8.03. The zero-order valence-corrected chi connectivity index (χ0v) is 20.3. The van der Waals surface area contributed by atoms with Crippen LogP contribution >= 0.6 is 11.8 Å². The van der Waals surface area contributed by atoms with Gasteiger partial charge in [-0.05, 0) is 50.2 Å². The van der Waals surface area contributed by atoms with E-state index in [-0.39, 0.29) is 12.3 Å². The van der Waals surface area contributed by atoms with Crippen LogP contribution in [0.3, 0.4) is 0 Å². The second-order valence-corrected chi connectivity index (χ2v) is 9.02. The highest BCUT2D eigenvalue weighted by molar-refractivity contribution is 7.98. The minimum absolute atomic E-state index is 0.133. The largest absolute Gasteiger partial charge is 0.480 e. The van der Waals surface area contributed by atoms with E-state index in [1.54, 1.807) is 13.8 Å². The van der Waals surface area contributed by atoms with Crippen molar-refractivity contribution in [3.05, 3.63) is 0 Å². The first kappa shape index (κ1) is 30.6. The molecule has 0 saturated heterocycles. The van der Waals surface area contributed by atoms with E-state index in [0.29, 0.717) is 31.6 Å². The van der Waals surface area contributed by atoms with Crippen LogP contribution in [0.1, 0.15) is 46.0 Å². The number of nitrogens with two attached hydrogens (primary N) is 3. The lowest BCUT2D eigenvalue weighted by molar-refractivity contribution is -0.142. The van der Waals surface area contributed by atoms with Crippen LogP contribution in [0.2, 0.25) is 0 Å². The number of rotatable bonds is 17. The summed E-state index contributed by atoms with van der Waals surface area (Å²) in [5, 5.41) is 16.7. The van der Waals surface area contributed by atoms with Gasteiger partial charge in [0.05, 0.1) is 12.5 Å². The van der Waals surface area contributed by atoms with E-state index in [9.17, 15) is 29.1 Å². The van der Waals surface area contributed by atoms with E-state index in [4.69, 9.17) is 17.2 Å². The van der Waals surface area contributed by atoms with Crippen LogP contribution in [0.25, 0.3) is 0 Å². The van der Waals surface area contributed by atoms with Crippen molar-refractivity contribution in [2.75, 3.05) is 18.6 Å². The number of thioether (sulfide) groups is 1. The molecule has 0 aromatic carbocycles. The first-order chi connectivity index (χ1) is 15.4. The number of amides is 4. The zero-order chi connectivity index (χ0) is 25.6. The molecule has 10 N–H and O–H groups in total. The van der Waals surface area contributed by atoms with E-state index in [1.165, 1.54) is 11.8 Å². The molecule has 13 heteroatoms. The highest BCUT2D eigenvalue weighted by Crippen LogP contribution is 2.07. The fourth-order valence-corrected chi connectivity index (χ4v) is 3.36. The van der Waals surface area contributed by atoms with E-state index in [1.807, 2.05) is 6.26 Å². The van der Waals surface area contributed by atoms with Gasteiger partial charge in [0.2, 0.25) is 23.6 Å². The summed E-state index contributed by atoms with van der Waals surface area (Å²) in [5.74, 6) is -3.91. The van der Waals surface area contributed by atoms with Crippen LogP contribution in [0.5, 0.6) is 0 Å². The molecule has 0 rings (SSSR count). The van der Waals surface area contributed by atoms with Crippen molar-refractivity contribution in [2.45, 2.75) is 70.1 Å². The quantitative estimate of drug-likeness (QED) is 0.115. The minimum Gasteiger partial charge on any atom is -0.480 e. The zero-order valence-electron chi connectivity index (χ0n) is 19.5. The molecule has 190 valence electrons. The lowest BCUT2D eigenvalue weighted by atomic mass is 10.0. The highest BCUT2D eigenvalue weighted by Gasteiger charge is 2.32. The lowest BCUT2D eigenvalue weighted by Crippen LogP contribution is -2.59. The molecule has 0 saturated carbocycles. The van der Waals surface area contributed by atoms with Gasteiger partial charge >= 0.3 is 5.97 Å². The summed E-state index contributed by atoms with van der Waals surface area (Å²) in [7, 11) is 0. The normalized spacial score (nSPS) is 14.6. The molecule has 0 aliphatic heterocycles. The van der Waals surface area contributed by atoms with Gasteiger partial charge in [0.15, 0.2) is 0 Å². The second kappa shape index (κ2) is 16.3. The third-order valence-corrected chi connectivity index (χ3v) is 5.46. The monoisotopic (exact) mass is 490 g/mol. The minimum atomic E-state index is -1.41. The maximum Gasteiger partial charge on any atom is 0.326 e. The molecule has 0 spiro atoms. The smallest absolute Gasteiger partial charge is 0.326 e. The number of carboxylic acids is 1. The van der Waals surface area contributed by atoms with Crippen molar-refractivity contribution in [2.24, 2.45) is 23.1 Å². The number of hydrogen-bond acceptors (Lipinski definition) is 8. The summed E-state index contributed by atoms with van der Waals surface area (Å²) < 4.78 is 0. The standard InChI is InChI=1S/C20H38N6O6S/c1-11(2)16(26-17(28)12(22)7-9-33-3)19(30)25-14(10-15(23)27)18(29)24-13(20(31)32)6-4-5-8-21/h11-14,16H,4-10,21-22H2,1-3H3,(H2,23,27)(H,24,29)(H,25,30)(H,26,28)(H,31,32). The Kier molecular flexibility index (Phi) is 15.1. The molecule has 0 aromatic heterocycles. The average molecular weight is 491 g/mol. The van der Waals surface area contributed by atoms with Crippen LogP contribution in [-0.4, -0.2) is 77.4 Å². The number of aliphatic carboxylic acids is 1. The average Bonchev–Trinajstić information content (AvgIpc) is 2.73. The van der Waals surface area contributed by atoms with Gasteiger partial charge in [-0.1, -0.05) is 13.8 Å². The van der Waals surface area contributed by atoms with E-state index < -0.39 is 60.2 Å². The van der Waals surface area contributed by atoms with Crippen LogP contribution in [0, 0.1) is 5.92 Å². The molecule has 0 aliphatic rings. The number of unbranched alkanes of at least 4 members (excludes halogenated alkanes) is 1. The Morgan fingerprint density at radius 3 is 2.00 bits per heavy atom. The van der Waals surface area contributed by atoms with Crippen LogP contribution < -0.4 is 33.2 Å². The number of hydrogen-bond donors (Lipinski definition) is 7. The number of primary amides is 1. The molecule has 0 heterocycles. The third-order valence-electron chi connectivity index (χ3n) is 4.82. The summed E-state index contributed by atoms with van der Waals surface area (Å²) in [6, 6.07) is -4.46. The number of carboxylic acid groups (broad SMARTS) is 1. The molecular weight excluding hydrogens is 452 g/mol. The molecule has 33 heavy (non-hydrogen) atoms. The third kappa shape index (κ3) is 12.4. The fourth-order valence-electron chi connectivity index (χ4n) is 2.87. The Morgan fingerprint density at radius 1 is 0.909 bits per heavy atom. The molecule has 4 atom stereocenters. The Hall–Kier alpha value is -2.38. The van der Waals surface area contributed by atoms with Gasteiger partial charge in [-0.15, -0.1) is 0 Å². The molecule has 12 nitrogen and oxygen atoms in total. The van der Waals surface area contributed by atoms with Crippen LogP contribution in [-0.2, 0) is 24.0 Å². The molecule has 0 aliphatic carbocycles. The molecular formula is C20H38N6O6S. The summed E-state index contributed by atoms with van der Waals surface area (Å²) in [6.45, 7) is 3.77. The first-order valence-electron chi connectivity index (χ1n) is 10.8. The van der Waals surface area contributed by atoms with Gasteiger partial charge in [0.25, 0.3) is 0 Å². The van der Waals surface area contributed by atoms with Crippen molar-refractivity contribution >= 4 is 41.4 Å². The highest BCUT2D eigenvalue weighted by atomic mass is 32.2. The maximum atomic E-state index is 12.9. The van der Waals surface area contributed by atoms with Crippen LogP contribution in [0.15, 0.2) is 0 Å². The van der Waals surface area contributed by atoms with Gasteiger partial charge in [-0.2, -0.15) is 11.8 Å². The Bertz CT molecular complexity index is 677. The van der Waals surface area contributed by atoms with Crippen molar-refractivity contribution in [3.8, 4) is 0 Å². The van der Waals surface area contributed by atoms with Crippen molar-refractivity contribution < 1.29 is 29.1 Å². The predicted molar refractivity (Wildman–Crippen MR) is 126 cm³/mol. The molecule has 4 unspecified atom stereocenters. The Morgan fingerprint density at radius 2 is 1.52 bits per heavy atom. The molecule has 0 bridgehead atoms. The number of carbonyl (C=O) groups excluding carboxylic acids is 4. The van der Waals surface area contributed by atoms with E-state index >= 15 is 0 Å². The predicted octanol–water partition coefficient (Wildman–Crippen LogP) is -1.73. The first-order valence-corrected chi connectivity index (χ1v) is 12.2. The maximum absolute atomic E-state index is 12.9. The SMILES string of the molecule is CSCCC(N)C(=O)NC(C(=O)NC(CC(N)=O)C(=O)NC(CCCCN)C(=O)O)C(C)C. The Balaban J connectivity index is 5.35. The summed E-state index contributed by atoms with van der Waals surface area (Å²) >= 11 is 1.53. The molecule has 0 fully saturated rings. The van der Waals surface area contributed by atoms with Crippen LogP contribution in [0.4, 0.5) is 0 Å². The summed E-state index contributed by atoms with van der Waals surface area (Å²) in [6.07, 6.45) is 2.94. The van der Waals surface area contributed by atoms with Crippen molar-refractivity contribution in [3.63, 3.8) is 0 Å². The number of nitrogens with one attached hydrogen (secondary N) is 3. The van der Waals surface area contributed by atoms with Gasteiger partial charge in [-0.3, -0.25) is 19.2 Å². The molecule has 0 radical (unpaired) electrons. The topological polar surface area (TPSA) is 220 Å². The van der Waals surface area contributed by atoms with Gasteiger partial charge in [-0.25, -0.2) is 4.79 Å². The van der Waals surface area contributed by atoms with Gasteiger partial charge in [0.1, 0.15) is 18.1 Å². The number of carbonyl (C=O) groups is 5. The van der Waals surface area contributed by atoms with Crippen molar-refractivity contribution in [1.82, 2.24) is 16.0 Å². The van der Waals surface area contributed by atoms with E-state index in [2.05, 4.69) is 16.0 Å². The molecule has 0 aromatic rings. The Labute approximate surface area is 198 Å². The fraction of sp³-hybridized carbons (Fsp3) is 0.750. The summed E-state index contributed by atoms with van der Waals surface area (Å²) in [5.41, 5.74) is 16.5. The van der Waals surface area contributed by atoms with E-state index in [0.717, 1.165) is 0 Å². The molecule has 4 amide bonds. The van der Waals surface area contributed by atoms with Gasteiger partial charge < -0.3 is 38.3 Å². The summed E-state index contributed by atoms with van der Waals surface area (Å²) in [4.78, 5) is 60.8. The lowest BCUT2D eigenvalue weighted by Gasteiger charge is -2.26. The van der Waals surface area contributed by atoms with Gasteiger partial charge in [0, 0.05) is 0 Å². The van der Waals surface area contributed by atoms with Crippen molar-refractivity contribution in [1.29, 1.82) is 0 Å².